The summed E-state index contributed by atoms with van der Waals surface area (Å²) in [5, 5.41) is 17.8. The monoisotopic (exact) mass is 444 g/mol. The predicted molar refractivity (Wildman–Crippen MR) is 121 cm³/mol. The van der Waals surface area contributed by atoms with Gasteiger partial charge < -0.3 is 30.3 Å². The van der Waals surface area contributed by atoms with Crippen LogP contribution in [-0.4, -0.2) is 48.2 Å². The molecule has 4 rings (SSSR count). The maximum Gasteiger partial charge on any atom is 0.410 e. The van der Waals surface area contributed by atoms with Gasteiger partial charge in [-0.05, 0) is 44.9 Å². The Morgan fingerprint density at radius 1 is 1.29 bits per heavy atom. The van der Waals surface area contributed by atoms with Crippen LogP contribution in [0.4, 0.5) is 15.5 Å². The normalized spacial score (nSPS) is 17.3. The van der Waals surface area contributed by atoms with Crippen LogP contribution in [0.25, 0.3) is 0 Å². The number of nitrogens with one attached hydrogen (secondary N) is 2. The molecule has 0 bridgehead atoms. The number of hydrogen-bond donors (Lipinski definition) is 3. The van der Waals surface area contributed by atoms with Gasteiger partial charge in [0.1, 0.15) is 16.9 Å². The average molecular weight is 445 g/mol. The Hall–Kier alpha value is -2.94. The minimum absolute atomic E-state index is 0.139. The molecular formula is C22H28N4O4S. The van der Waals surface area contributed by atoms with E-state index in [1.54, 1.807) is 17.9 Å². The minimum atomic E-state index is -0.521. The summed E-state index contributed by atoms with van der Waals surface area (Å²) < 4.78 is 5.12. The second-order valence-electron chi connectivity index (χ2n) is 7.54. The van der Waals surface area contributed by atoms with Crippen molar-refractivity contribution in [3.63, 3.8) is 0 Å². The van der Waals surface area contributed by atoms with Crippen LogP contribution in [0.15, 0.2) is 18.2 Å². The van der Waals surface area contributed by atoms with Crippen LogP contribution >= 0.6 is 11.3 Å². The van der Waals surface area contributed by atoms with E-state index in [0.29, 0.717) is 37.2 Å². The molecule has 0 unspecified atom stereocenters. The molecular weight excluding hydrogens is 416 g/mol. The highest BCUT2D eigenvalue weighted by molar-refractivity contribution is 7.16. The summed E-state index contributed by atoms with van der Waals surface area (Å²) in [4.78, 5) is 29.9. The van der Waals surface area contributed by atoms with E-state index < -0.39 is 6.17 Å². The summed E-state index contributed by atoms with van der Waals surface area (Å²) in [6, 6.07) is 5.55. The molecule has 2 aliphatic heterocycles. The zero-order valence-corrected chi connectivity index (χ0v) is 18.8. The van der Waals surface area contributed by atoms with Crippen molar-refractivity contribution in [2.75, 3.05) is 36.5 Å². The minimum Gasteiger partial charge on any atom is -0.507 e. The highest BCUT2D eigenvalue weighted by atomic mass is 32.1. The Balaban J connectivity index is 1.58. The lowest BCUT2D eigenvalue weighted by molar-refractivity contribution is 0.0934. The molecule has 1 aromatic heterocycles. The van der Waals surface area contributed by atoms with Gasteiger partial charge in [0, 0.05) is 41.8 Å². The molecule has 2 aromatic rings. The number of carbonyl (C=O) groups is 2. The second-order valence-corrected chi connectivity index (χ2v) is 8.65. The zero-order valence-electron chi connectivity index (χ0n) is 18.0. The number of hydrogen-bond acceptors (Lipinski definition) is 7. The lowest BCUT2D eigenvalue weighted by atomic mass is 10.00. The van der Waals surface area contributed by atoms with Gasteiger partial charge in [-0.25, -0.2) is 4.79 Å². The van der Waals surface area contributed by atoms with E-state index >= 15 is 0 Å². The van der Waals surface area contributed by atoms with Crippen LogP contribution in [0.5, 0.6) is 5.75 Å². The molecule has 31 heavy (non-hydrogen) atoms. The molecule has 9 heteroatoms. The second kappa shape index (κ2) is 8.66. The predicted octanol–water partition coefficient (Wildman–Crippen LogP) is 3.67. The van der Waals surface area contributed by atoms with Gasteiger partial charge in [0.25, 0.3) is 5.91 Å². The number of thiophene rings is 1. The zero-order chi connectivity index (χ0) is 22.1. The average Bonchev–Trinajstić information content (AvgIpc) is 3.13. The molecule has 0 saturated carbocycles. The maximum absolute atomic E-state index is 13.0. The van der Waals surface area contributed by atoms with Crippen LogP contribution in [-0.2, 0) is 17.7 Å². The third kappa shape index (κ3) is 3.89. The number of fused-ring (bicyclic) bond motifs is 3. The van der Waals surface area contributed by atoms with E-state index in [9.17, 15) is 14.7 Å². The van der Waals surface area contributed by atoms with Crippen molar-refractivity contribution in [2.45, 2.75) is 39.9 Å². The first-order valence-electron chi connectivity index (χ1n) is 10.7. The van der Waals surface area contributed by atoms with E-state index in [1.165, 1.54) is 11.3 Å². The number of phenols is 1. The Morgan fingerprint density at radius 3 is 2.74 bits per heavy atom. The molecule has 0 saturated heterocycles. The van der Waals surface area contributed by atoms with E-state index in [4.69, 9.17) is 4.74 Å². The molecule has 2 aliphatic rings. The number of rotatable bonds is 5. The van der Waals surface area contributed by atoms with Crippen LogP contribution in [0, 0.1) is 0 Å². The van der Waals surface area contributed by atoms with Crippen LogP contribution in [0.2, 0.25) is 0 Å². The summed E-state index contributed by atoms with van der Waals surface area (Å²) in [5.41, 5.74) is 3.21. The summed E-state index contributed by atoms with van der Waals surface area (Å²) >= 11 is 1.49. The fourth-order valence-corrected chi connectivity index (χ4v) is 5.49. The Kier molecular flexibility index (Phi) is 5.95. The molecule has 2 amide bonds. The number of phenolic OH excluding ortho intramolecular Hbond substituents is 1. The molecule has 8 nitrogen and oxygen atoms in total. The number of aromatic hydroxyl groups is 1. The number of carbonyl (C=O) groups excluding carboxylic acids is 2. The van der Waals surface area contributed by atoms with Gasteiger partial charge >= 0.3 is 6.09 Å². The van der Waals surface area contributed by atoms with E-state index in [-0.39, 0.29) is 17.7 Å². The molecule has 0 spiro atoms. The molecule has 0 aliphatic carbocycles. The molecule has 1 atom stereocenters. The van der Waals surface area contributed by atoms with Gasteiger partial charge in [-0.15, -0.1) is 11.3 Å². The van der Waals surface area contributed by atoms with Gasteiger partial charge in [0.15, 0.2) is 0 Å². The number of benzene rings is 1. The molecule has 3 N–H and O–H groups in total. The van der Waals surface area contributed by atoms with Gasteiger partial charge in [-0.3, -0.25) is 4.79 Å². The first kappa shape index (κ1) is 21.3. The third-order valence-electron chi connectivity index (χ3n) is 5.81. The van der Waals surface area contributed by atoms with Crippen LogP contribution < -0.4 is 15.5 Å². The Morgan fingerprint density at radius 2 is 2.06 bits per heavy atom. The van der Waals surface area contributed by atoms with Crippen molar-refractivity contribution in [2.24, 2.45) is 0 Å². The van der Waals surface area contributed by atoms with Crippen molar-refractivity contribution in [1.29, 1.82) is 0 Å². The number of nitrogens with zero attached hydrogens (tertiary/aromatic N) is 2. The first-order valence-corrected chi connectivity index (χ1v) is 11.5. The van der Waals surface area contributed by atoms with Gasteiger partial charge in [-0.2, -0.15) is 0 Å². The largest absolute Gasteiger partial charge is 0.507 e. The van der Waals surface area contributed by atoms with E-state index in [2.05, 4.69) is 29.4 Å². The van der Waals surface area contributed by atoms with Gasteiger partial charge in [0.05, 0.1) is 18.7 Å². The highest BCUT2D eigenvalue weighted by Gasteiger charge is 2.35. The summed E-state index contributed by atoms with van der Waals surface area (Å²) in [6.07, 6.45) is -0.233. The first-order chi connectivity index (χ1) is 15.0. The maximum atomic E-state index is 13.0. The summed E-state index contributed by atoms with van der Waals surface area (Å²) in [5.74, 6) is -0.0199. The SMILES string of the molecule is CCOC(=O)N1CCc2c(sc3c2C(=O)N[C@@H](c2ccc(N(CC)CC)cc2O)N3)C1. The van der Waals surface area contributed by atoms with Gasteiger partial charge in [-0.1, -0.05) is 0 Å². The van der Waals surface area contributed by atoms with Crippen molar-refractivity contribution in [3.8, 4) is 5.75 Å². The Bertz CT molecular complexity index is 1000. The molecule has 0 radical (unpaired) electrons. The fourth-order valence-electron chi connectivity index (χ4n) is 4.20. The van der Waals surface area contributed by atoms with Crippen molar-refractivity contribution >= 4 is 34.0 Å². The lowest BCUT2D eigenvalue weighted by Crippen LogP contribution is -2.39. The van der Waals surface area contributed by atoms with Crippen molar-refractivity contribution in [1.82, 2.24) is 10.2 Å². The van der Waals surface area contributed by atoms with Crippen molar-refractivity contribution in [3.05, 3.63) is 39.8 Å². The molecule has 3 heterocycles. The number of ether oxygens (including phenoxy) is 1. The van der Waals surface area contributed by atoms with E-state index in [1.807, 2.05) is 12.1 Å². The van der Waals surface area contributed by atoms with Crippen LogP contribution in [0.1, 0.15) is 53.3 Å². The number of amides is 2. The summed E-state index contributed by atoms with van der Waals surface area (Å²) in [7, 11) is 0. The third-order valence-corrected chi connectivity index (χ3v) is 6.96. The van der Waals surface area contributed by atoms with Crippen LogP contribution in [0.3, 0.4) is 0 Å². The molecule has 1 aromatic carbocycles. The molecule has 0 fully saturated rings. The number of anilines is 2. The van der Waals surface area contributed by atoms with Gasteiger partial charge in [0.2, 0.25) is 0 Å². The quantitative estimate of drug-likeness (QED) is 0.652. The highest BCUT2D eigenvalue weighted by Crippen LogP contribution is 2.42. The summed E-state index contributed by atoms with van der Waals surface area (Å²) in [6.45, 7) is 8.93. The standard InChI is InChI=1S/C22H28N4O4S/c1-4-25(5-2)13-7-8-14(16(27)11-13)19-23-20(28)18-15-9-10-26(22(29)30-6-3)12-17(15)31-21(18)24-19/h7-8,11,19,24,27H,4-6,9-10,12H2,1-3H3,(H,23,28)/t19-/m1/s1. The molecule has 166 valence electrons. The van der Waals surface area contributed by atoms with E-state index in [0.717, 1.165) is 34.2 Å². The van der Waals surface area contributed by atoms with Crippen molar-refractivity contribution < 1.29 is 19.4 Å². The fraction of sp³-hybridized carbons (Fsp3) is 0.455. The topological polar surface area (TPSA) is 94.1 Å². The Labute approximate surface area is 185 Å². The smallest absolute Gasteiger partial charge is 0.410 e. The lowest BCUT2D eigenvalue weighted by Gasteiger charge is -2.29.